The standard InChI is InChI=1S/C21H22F3NO3/c1-2-3-8-19(26)25-11-12-28-14-9-10-16-15-6-4-5-7-17(15)20(27,18(16)13-14)21(22,23)24/h4-7,9-10,13,27H,2-3,8,11-12H2,1H3,(H,25,26). The molecule has 7 heteroatoms. The van der Waals surface area contributed by atoms with Crippen molar-refractivity contribution in [3.8, 4) is 16.9 Å². The molecule has 0 aromatic heterocycles. The Balaban J connectivity index is 1.77. The highest BCUT2D eigenvalue weighted by atomic mass is 19.4. The number of halogens is 3. The highest BCUT2D eigenvalue weighted by Crippen LogP contribution is 2.55. The van der Waals surface area contributed by atoms with Crippen molar-refractivity contribution in [1.29, 1.82) is 0 Å². The first-order valence-electron chi connectivity index (χ1n) is 9.22. The van der Waals surface area contributed by atoms with E-state index in [1.165, 1.54) is 24.3 Å². The summed E-state index contributed by atoms with van der Waals surface area (Å²) in [5, 5.41) is 13.3. The molecular formula is C21H22F3NO3. The van der Waals surface area contributed by atoms with E-state index < -0.39 is 11.8 Å². The molecular weight excluding hydrogens is 371 g/mol. The van der Waals surface area contributed by atoms with Crippen LogP contribution in [0.2, 0.25) is 0 Å². The van der Waals surface area contributed by atoms with E-state index in [9.17, 15) is 23.1 Å². The molecule has 1 amide bonds. The number of unbranched alkanes of at least 4 members (excludes halogenated alkanes) is 1. The minimum Gasteiger partial charge on any atom is -0.492 e. The average molecular weight is 393 g/mol. The van der Waals surface area contributed by atoms with Crippen molar-refractivity contribution < 1.29 is 27.8 Å². The molecule has 0 heterocycles. The van der Waals surface area contributed by atoms with E-state index in [1.807, 2.05) is 6.92 Å². The maximum absolute atomic E-state index is 13.8. The summed E-state index contributed by atoms with van der Waals surface area (Å²) in [5.41, 5.74) is -2.82. The SMILES string of the molecule is CCCCC(=O)NCCOc1ccc2c(c1)C(O)(C(F)(F)F)c1ccccc1-2. The van der Waals surface area contributed by atoms with Crippen molar-refractivity contribution in [3.05, 3.63) is 53.6 Å². The van der Waals surface area contributed by atoms with Gasteiger partial charge in [-0.2, -0.15) is 13.2 Å². The Morgan fingerprint density at radius 2 is 1.86 bits per heavy atom. The van der Waals surface area contributed by atoms with Gasteiger partial charge in [0, 0.05) is 17.5 Å². The summed E-state index contributed by atoms with van der Waals surface area (Å²) in [4.78, 5) is 11.6. The van der Waals surface area contributed by atoms with Crippen molar-refractivity contribution in [2.75, 3.05) is 13.2 Å². The summed E-state index contributed by atoms with van der Waals surface area (Å²) >= 11 is 0. The third-order valence-electron chi connectivity index (χ3n) is 4.85. The molecule has 0 saturated carbocycles. The fraction of sp³-hybridized carbons (Fsp3) is 0.381. The average Bonchev–Trinajstić information content (AvgIpc) is 2.93. The Labute approximate surface area is 161 Å². The van der Waals surface area contributed by atoms with Crippen LogP contribution in [0.1, 0.15) is 37.3 Å². The van der Waals surface area contributed by atoms with Crippen molar-refractivity contribution in [3.63, 3.8) is 0 Å². The van der Waals surface area contributed by atoms with Crippen LogP contribution < -0.4 is 10.1 Å². The third-order valence-corrected chi connectivity index (χ3v) is 4.85. The van der Waals surface area contributed by atoms with Crippen LogP contribution in [-0.2, 0) is 10.4 Å². The Hall–Kier alpha value is -2.54. The first-order chi connectivity index (χ1) is 13.3. The molecule has 1 unspecified atom stereocenters. The fourth-order valence-corrected chi connectivity index (χ4v) is 3.42. The van der Waals surface area contributed by atoms with Gasteiger partial charge in [-0.15, -0.1) is 0 Å². The van der Waals surface area contributed by atoms with Crippen LogP contribution in [0.15, 0.2) is 42.5 Å². The Bertz CT molecular complexity index is 866. The molecule has 2 N–H and O–H groups in total. The van der Waals surface area contributed by atoms with Gasteiger partial charge in [-0.3, -0.25) is 4.79 Å². The zero-order valence-corrected chi connectivity index (χ0v) is 15.5. The molecule has 0 aliphatic heterocycles. The van der Waals surface area contributed by atoms with Gasteiger partial charge in [-0.25, -0.2) is 0 Å². The van der Waals surface area contributed by atoms with Crippen LogP contribution in [0, 0.1) is 0 Å². The lowest BCUT2D eigenvalue weighted by atomic mass is 9.91. The molecule has 1 atom stereocenters. The molecule has 28 heavy (non-hydrogen) atoms. The molecule has 0 spiro atoms. The number of rotatable bonds is 7. The van der Waals surface area contributed by atoms with Crippen molar-refractivity contribution in [1.82, 2.24) is 5.32 Å². The molecule has 2 aromatic carbocycles. The zero-order valence-electron chi connectivity index (χ0n) is 15.5. The van der Waals surface area contributed by atoms with Crippen LogP contribution >= 0.6 is 0 Å². The lowest BCUT2D eigenvalue weighted by Gasteiger charge is -2.28. The van der Waals surface area contributed by atoms with E-state index in [2.05, 4.69) is 5.32 Å². The number of amides is 1. The van der Waals surface area contributed by atoms with Gasteiger partial charge in [0.2, 0.25) is 11.5 Å². The minimum atomic E-state index is -4.87. The van der Waals surface area contributed by atoms with Crippen LogP contribution in [0.5, 0.6) is 5.75 Å². The van der Waals surface area contributed by atoms with Crippen LogP contribution in [0.4, 0.5) is 13.2 Å². The van der Waals surface area contributed by atoms with Crippen molar-refractivity contribution in [2.45, 2.75) is 38.0 Å². The van der Waals surface area contributed by atoms with Gasteiger partial charge in [-0.05, 0) is 29.7 Å². The fourth-order valence-electron chi connectivity index (χ4n) is 3.42. The van der Waals surface area contributed by atoms with E-state index in [4.69, 9.17) is 4.74 Å². The lowest BCUT2D eigenvalue weighted by molar-refractivity contribution is -0.246. The number of carbonyl (C=O) groups excluding carboxylic acids is 1. The zero-order chi connectivity index (χ0) is 20.4. The largest absolute Gasteiger partial charge is 0.492 e. The minimum absolute atomic E-state index is 0.0821. The number of alkyl halides is 3. The van der Waals surface area contributed by atoms with Crippen LogP contribution in [0.3, 0.4) is 0 Å². The molecule has 0 fully saturated rings. The molecule has 3 rings (SSSR count). The van der Waals surface area contributed by atoms with Gasteiger partial charge in [0.25, 0.3) is 0 Å². The van der Waals surface area contributed by atoms with E-state index in [1.54, 1.807) is 18.2 Å². The molecule has 1 aliphatic rings. The topological polar surface area (TPSA) is 58.6 Å². The monoisotopic (exact) mass is 393 g/mol. The Morgan fingerprint density at radius 1 is 1.14 bits per heavy atom. The highest BCUT2D eigenvalue weighted by Gasteiger charge is 2.60. The van der Waals surface area contributed by atoms with Crippen LogP contribution in [-0.4, -0.2) is 30.3 Å². The predicted molar refractivity (Wildman–Crippen MR) is 99.0 cm³/mol. The molecule has 0 radical (unpaired) electrons. The number of carbonyl (C=O) groups is 1. The number of benzene rings is 2. The summed E-state index contributed by atoms with van der Waals surface area (Å²) in [5.74, 6) is 0.123. The van der Waals surface area contributed by atoms with Gasteiger partial charge in [0.05, 0.1) is 6.54 Å². The number of aliphatic hydroxyl groups is 1. The van der Waals surface area contributed by atoms with E-state index in [0.717, 1.165) is 12.8 Å². The molecule has 2 aromatic rings. The van der Waals surface area contributed by atoms with Gasteiger partial charge in [0.1, 0.15) is 12.4 Å². The highest BCUT2D eigenvalue weighted by molar-refractivity contribution is 5.81. The van der Waals surface area contributed by atoms with Gasteiger partial charge >= 0.3 is 6.18 Å². The van der Waals surface area contributed by atoms with Crippen molar-refractivity contribution in [2.24, 2.45) is 0 Å². The van der Waals surface area contributed by atoms with Crippen molar-refractivity contribution >= 4 is 5.91 Å². The van der Waals surface area contributed by atoms with Crippen LogP contribution in [0.25, 0.3) is 11.1 Å². The van der Waals surface area contributed by atoms with E-state index in [-0.39, 0.29) is 35.9 Å². The molecule has 0 saturated heterocycles. The number of hydrogen-bond acceptors (Lipinski definition) is 3. The molecule has 0 bridgehead atoms. The predicted octanol–water partition coefficient (Wildman–Crippen LogP) is 4.15. The molecule has 4 nitrogen and oxygen atoms in total. The first-order valence-corrected chi connectivity index (χ1v) is 9.22. The maximum Gasteiger partial charge on any atom is 0.425 e. The summed E-state index contributed by atoms with van der Waals surface area (Å²) in [6, 6.07) is 10.3. The Kier molecular flexibility index (Phi) is 5.65. The Morgan fingerprint density at radius 3 is 2.57 bits per heavy atom. The summed E-state index contributed by atoms with van der Waals surface area (Å²) in [7, 11) is 0. The number of ether oxygens (including phenoxy) is 1. The van der Waals surface area contributed by atoms with E-state index in [0.29, 0.717) is 17.5 Å². The third kappa shape index (κ3) is 3.58. The van der Waals surface area contributed by atoms with Gasteiger partial charge in [0.15, 0.2) is 0 Å². The second-order valence-corrected chi connectivity index (χ2v) is 6.76. The maximum atomic E-state index is 13.8. The second-order valence-electron chi connectivity index (χ2n) is 6.76. The van der Waals surface area contributed by atoms with E-state index >= 15 is 0 Å². The number of fused-ring (bicyclic) bond motifs is 3. The summed E-state index contributed by atoms with van der Waals surface area (Å²) < 4.78 is 46.9. The summed E-state index contributed by atoms with van der Waals surface area (Å²) in [6.07, 6.45) is -2.72. The smallest absolute Gasteiger partial charge is 0.425 e. The van der Waals surface area contributed by atoms with Gasteiger partial charge < -0.3 is 15.2 Å². The van der Waals surface area contributed by atoms with Gasteiger partial charge in [-0.1, -0.05) is 43.7 Å². The first kappa shape index (κ1) is 20.2. The second kappa shape index (κ2) is 7.83. The number of nitrogens with one attached hydrogen (secondary N) is 1. The molecule has 1 aliphatic carbocycles. The lowest BCUT2D eigenvalue weighted by Crippen LogP contribution is -2.41. The number of hydrogen-bond donors (Lipinski definition) is 2. The quantitative estimate of drug-likeness (QED) is 0.695. The molecule has 150 valence electrons. The normalized spacial score (nSPS) is 17.8. The summed E-state index contributed by atoms with van der Waals surface area (Å²) in [6.45, 7) is 2.36.